The monoisotopic (exact) mass is 496 g/mol. The summed E-state index contributed by atoms with van der Waals surface area (Å²) >= 11 is 0. The molecule has 178 valence electrons. The average Bonchev–Trinajstić information content (AvgIpc) is 2.43. The van der Waals surface area contributed by atoms with Crippen molar-refractivity contribution in [2.75, 3.05) is 6.61 Å². The fourth-order valence-electron chi connectivity index (χ4n) is 2.58. The van der Waals surface area contributed by atoms with Gasteiger partial charge in [0.2, 0.25) is 6.29 Å². The van der Waals surface area contributed by atoms with Crippen LogP contribution >= 0.6 is 0 Å². The maximum atomic E-state index is 11.8. The SMILES string of the molecule is C=C(C)C(=O)OC(OCCC[Si](O[Si](C)(C)C)(O[Si](C)(C)C)O[Si](C)(C)C)C(C)O. The Balaban J connectivity index is 5.34. The van der Waals surface area contributed by atoms with Gasteiger partial charge in [0.15, 0.2) is 25.0 Å². The third-order valence-electron chi connectivity index (χ3n) is 3.26. The molecule has 0 aliphatic heterocycles. The van der Waals surface area contributed by atoms with E-state index in [-0.39, 0.29) is 12.2 Å². The van der Waals surface area contributed by atoms with Gasteiger partial charge in [-0.25, -0.2) is 4.79 Å². The molecule has 0 saturated carbocycles. The number of carbonyl (C=O) groups excluding carboxylic acids is 1. The van der Waals surface area contributed by atoms with Crippen molar-refractivity contribution in [1.82, 2.24) is 0 Å². The summed E-state index contributed by atoms with van der Waals surface area (Å²) < 4.78 is 30.7. The van der Waals surface area contributed by atoms with Crippen LogP contribution < -0.4 is 0 Å². The van der Waals surface area contributed by atoms with Crippen LogP contribution in [0.15, 0.2) is 12.2 Å². The van der Waals surface area contributed by atoms with Gasteiger partial charge >= 0.3 is 14.8 Å². The van der Waals surface area contributed by atoms with E-state index in [1.807, 2.05) is 0 Å². The van der Waals surface area contributed by atoms with Crippen LogP contribution in [0.2, 0.25) is 65.0 Å². The van der Waals surface area contributed by atoms with Gasteiger partial charge in [0.25, 0.3) is 0 Å². The van der Waals surface area contributed by atoms with Crippen molar-refractivity contribution in [2.45, 2.75) is 97.6 Å². The summed E-state index contributed by atoms with van der Waals surface area (Å²) in [5.41, 5.74) is 0.256. The number of hydrogen-bond acceptors (Lipinski definition) is 7. The Morgan fingerprint density at radius 1 is 0.900 bits per heavy atom. The van der Waals surface area contributed by atoms with Crippen molar-refractivity contribution >= 4 is 39.7 Å². The van der Waals surface area contributed by atoms with Crippen molar-refractivity contribution in [2.24, 2.45) is 0 Å². The first-order valence-corrected chi connectivity index (χ1v) is 22.7. The molecule has 2 unspecified atom stereocenters. The lowest BCUT2D eigenvalue weighted by molar-refractivity contribution is -0.196. The number of aliphatic hydroxyl groups excluding tert-OH is 1. The first-order chi connectivity index (χ1) is 13.3. The Labute approximate surface area is 187 Å². The van der Waals surface area contributed by atoms with Crippen LogP contribution in [0.1, 0.15) is 20.3 Å². The largest absolute Gasteiger partial charge is 0.469 e. The van der Waals surface area contributed by atoms with Crippen LogP contribution in [0.3, 0.4) is 0 Å². The predicted molar refractivity (Wildman–Crippen MR) is 131 cm³/mol. The van der Waals surface area contributed by atoms with Crippen LogP contribution in [0.4, 0.5) is 0 Å². The molecule has 2 atom stereocenters. The van der Waals surface area contributed by atoms with Crippen LogP contribution in [-0.4, -0.2) is 63.8 Å². The molecule has 0 amide bonds. The zero-order valence-electron chi connectivity index (χ0n) is 20.9. The molecule has 0 saturated heterocycles. The maximum absolute atomic E-state index is 11.8. The number of ether oxygens (including phenoxy) is 2. The van der Waals surface area contributed by atoms with Gasteiger partial charge in [-0.05, 0) is 79.2 Å². The molecule has 0 aromatic carbocycles. The second-order valence-electron chi connectivity index (χ2n) is 10.6. The molecular formula is C19H44O7Si4. The van der Waals surface area contributed by atoms with Gasteiger partial charge in [0.05, 0.1) is 6.61 Å². The Bertz CT molecular complexity index is 522. The fourth-order valence-corrected chi connectivity index (χ4v) is 17.2. The highest BCUT2D eigenvalue weighted by molar-refractivity contribution is 6.90. The van der Waals surface area contributed by atoms with Crippen molar-refractivity contribution in [1.29, 1.82) is 0 Å². The maximum Gasteiger partial charge on any atom is 0.469 e. The second kappa shape index (κ2) is 11.7. The van der Waals surface area contributed by atoms with Gasteiger partial charge in [0.1, 0.15) is 6.10 Å². The van der Waals surface area contributed by atoms with Gasteiger partial charge in [-0.15, -0.1) is 0 Å². The topological polar surface area (TPSA) is 83.5 Å². The van der Waals surface area contributed by atoms with E-state index in [1.165, 1.54) is 6.92 Å². The van der Waals surface area contributed by atoms with Crippen LogP contribution in [0, 0.1) is 0 Å². The summed E-state index contributed by atoms with van der Waals surface area (Å²) in [6.45, 7) is 26.2. The van der Waals surface area contributed by atoms with Crippen LogP contribution in [0.25, 0.3) is 0 Å². The third kappa shape index (κ3) is 14.0. The predicted octanol–water partition coefficient (Wildman–Crippen LogP) is 4.71. The van der Waals surface area contributed by atoms with Crippen molar-refractivity contribution in [3.8, 4) is 0 Å². The molecule has 0 aromatic heterocycles. The van der Waals surface area contributed by atoms with Crippen molar-refractivity contribution in [3.05, 3.63) is 12.2 Å². The number of carbonyl (C=O) groups is 1. The molecule has 1 N–H and O–H groups in total. The molecule has 0 radical (unpaired) electrons. The highest BCUT2D eigenvalue weighted by Gasteiger charge is 2.49. The molecule has 30 heavy (non-hydrogen) atoms. The van der Waals surface area contributed by atoms with E-state index in [2.05, 4.69) is 65.5 Å². The van der Waals surface area contributed by atoms with E-state index in [4.69, 9.17) is 21.8 Å². The zero-order chi connectivity index (χ0) is 24.0. The number of rotatable bonds is 14. The quantitative estimate of drug-likeness (QED) is 0.122. The summed E-state index contributed by atoms with van der Waals surface area (Å²) in [6, 6.07) is 0.618. The lowest BCUT2D eigenvalue weighted by Crippen LogP contribution is -2.60. The van der Waals surface area contributed by atoms with E-state index >= 15 is 0 Å². The van der Waals surface area contributed by atoms with Gasteiger partial charge < -0.3 is 26.9 Å². The molecule has 0 spiro atoms. The highest BCUT2D eigenvalue weighted by atomic mass is 28.5. The highest BCUT2D eigenvalue weighted by Crippen LogP contribution is 2.30. The number of hydrogen-bond donors (Lipinski definition) is 1. The Morgan fingerprint density at radius 3 is 1.60 bits per heavy atom. The van der Waals surface area contributed by atoms with Gasteiger partial charge in [-0.2, -0.15) is 0 Å². The van der Waals surface area contributed by atoms with Gasteiger partial charge in [-0.3, -0.25) is 0 Å². The molecule has 0 aromatic rings. The molecule has 0 rings (SSSR count). The van der Waals surface area contributed by atoms with Gasteiger partial charge in [-0.1, -0.05) is 6.58 Å². The summed E-state index contributed by atoms with van der Waals surface area (Å²) in [4.78, 5) is 11.8. The summed E-state index contributed by atoms with van der Waals surface area (Å²) in [6.07, 6.45) is -1.39. The molecule has 0 aliphatic carbocycles. The summed E-state index contributed by atoms with van der Waals surface area (Å²) in [5, 5.41) is 9.88. The zero-order valence-corrected chi connectivity index (χ0v) is 24.9. The van der Waals surface area contributed by atoms with E-state index in [9.17, 15) is 9.90 Å². The number of aliphatic hydroxyl groups is 1. The van der Waals surface area contributed by atoms with E-state index in [1.54, 1.807) is 6.92 Å². The van der Waals surface area contributed by atoms with E-state index < -0.39 is 52.1 Å². The lowest BCUT2D eigenvalue weighted by atomic mass is 10.3. The molecule has 7 nitrogen and oxygen atoms in total. The van der Waals surface area contributed by atoms with E-state index in [0.29, 0.717) is 12.5 Å². The van der Waals surface area contributed by atoms with Crippen LogP contribution in [-0.2, 0) is 26.6 Å². The molecule has 0 heterocycles. The van der Waals surface area contributed by atoms with Gasteiger partial charge in [0, 0.05) is 11.6 Å². The summed E-state index contributed by atoms with van der Waals surface area (Å²) in [7, 11) is -8.72. The molecule has 11 heteroatoms. The minimum atomic E-state index is -2.93. The fraction of sp³-hybridized carbons (Fsp3) is 0.842. The third-order valence-corrected chi connectivity index (χ3v) is 15.3. The molecular weight excluding hydrogens is 453 g/mol. The first-order valence-electron chi connectivity index (χ1n) is 10.5. The normalized spacial score (nSPS) is 15.6. The molecule has 0 aliphatic rings. The Kier molecular flexibility index (Phi) is 11.6. The van der Waals surface area contributed by atoms with E-state index in [0.717, 1.165) is 0 Å². The Morgan fingerprint density at radius 2 is 1.30 bits per heavy atom. The molecule has 0 bridgehead atoms. The standard InChI is InChI=1S/C19H44O7Si4/c1-16(2)18(21)23-19(17(3)20)22-14-13-15-30(24-27(4,5)6,25-28(7,8)9)26-29(10,11)12/h17,19-20H,1,13-15H2,2-12H3. The first kappa shape index (κ1) is 29.9. The smallest absolute Gasteiger partial charge is 0.430 e. The minimum absolute atomic E-state index is 0.256. The summed E-state index contributed by atoms with van der Waals surface area (Å²) in [5.74, 6) is -0.587. The van der Waals surface area contributed by atoms with Crippen LogP contribution in [0.5, 0.6) is 0 Å². The minimum Gasteiger partial charge on any atom is -0.430 e. The molecule has 0 fully saturated rings. The van der Waals surface area contributed by atoms with Crippen molar-refractivity contribution < 1.29 is 31.7 Å². The average molecular weight is 497 g/mol. The van der Waals surface area contributed by atoms with Crippen molar-refractivity contribution in [3.63, 3.8) is 0 Å². The second-order valence-corrected chi connectivity index (χ2v) is 27.6. The number of esters is 1. The lowest BCUT2D eigenvalue weighted by Gasteiger charge is -2.43. The Hall–Kier alpha value is -0.122.